The molecule has 1 unspecified atom stereocenters. The molecule has 4 heteroatoms. The van der Waals surface area contributed by atoms with Crippen molar-refractivity contribution >= 4 is 10.9 Å². The zero-order chi connectivity index (χ0) is 12.4. The van der Waals surface area contributed by atoms with Crippen LogP contribution in [0.3, 0.4) is 0 Å². The smallest absolute Gasteiger partial charge is 0.261 e. The normalized spacial score (nSPS) is 19.4. The summed E-state index contributed by atoms with van der Waals surface area (Å²) in [5, 5.41) is 0.687. The molecular formula is C14H16N2O2. The number of hydrogen-bond donors (Lipinski definition) is 0. The molecule has 0 N–H and O–H groups in total. The number of hydrogen-bond acceptors (Lipinski definition) is 3. The van der Waals surface area contributed by atoms with Gasteiger partial charge in [0.15, 0.2) is 0 Å². The summed E-state index contributed by atoms with van der Waals surface area (Å²) in [4.78, 5) is 16.5. The Labute approximate surface area is 105 Å². The van der Waals surface area contributed by atoms with Crippen LogP contribution in [0.2, 0.25) is 0 Å². The molecule has 1 aliphatic rings. The van der Waals surface area contributed by atoms with Crippen molar-refractivity contribution in [2.75, 3.05) is 6.61 Å². The molecule has 0 amide bonds. The predicted molar refractivity (Wildman–Crippen MR) is 69.6 cm³/mol. The highest BCUT2D eigenvalue weighted by molar-refractivity contribution is 5.76. The predicted octanol–water partition coefficient (Wildman–Crippen LogP) is 1.97. The zero-order valence-electron chi connectivity index (χ0n) is 10.2. The molecule has 1 aliphatic heterocycles. The highest BCUT2D eigenvalue weighted by Gasteiger charge is 2.15. The van der Waals surface area contributed by atoms with Crippen molar-refractivity contribution in [1.82, 2.24) is 9.55 Å². The van der Waals surface area contributed by atoms with Gasteiger partial charge in [0.1, 0.15) is 0 Å². The van der Waals surface area contributed by atoms with Crippen LogP contribution in [0.1, 0.15) is 19.3 Å². The zero-order valence-corrected chi connectivity index (χ0v) is 10.2. The molecule has 0 radical (unpaired) electrons. The van der Waals surface area contributed by atoms with E-state index in [0.29, 0.717) is 18.0 Å². The summed E-state index contributed by atoms with van der Waals surface area (Å²) < 4.78 is 7.25. The van der Waals surface area contributed by atoms with Crippen molar-refractivity contribution in [3.63, 3.8) is 0 Å². The molecule has 3 rings (SSSR count). The quantitative estimate of drug-likeness (QED) is 0.829. The van der Waals surface area contributed by atoms with Gasteiger partial charge in [-0.25, -0.2) is 4.98 Å². The van der Waals surface area contributed by atoms with Crippen LogP contribution in [-0.4, -0.2) is 22.3 Å². The summed E-state index contributed by atoms with van der Waals surface area (Å²) in [5.74, 6) is 0. The molecule has 0 bridgehead atoms. The van der Waals surface area contributed by atoms with Crippen LogP contribution in [0, 0.1) is 0 Å². The fourth-order valence-corrected chi connectivity index (χ4v) is 2.42. The van der Waals surface area contributed by atoms with Crippen LogP contribution in [-0.2, 0) is 11.3 Å². The minimum atomic E-state index is 0.0404. The van der Waals surface area contributed by atoms with Crippen LogP contribution in [0.25, 0.3) is 10.9 Å². The summed E-state index contributed by atoms with van der Waals surface area (Å²) in [6, 6.07) is 7.45. The lowest BCUT2D eigenvalue weighted by Gasteiger charge is -2.10. The molecule has 1 aromatic carbocycles. The summed E-state index contributed by atoms with van der Waals surface area (Å²) >= 11 is 0. The number of aryl methyl sites for hydroxylation is 1. The number of para-hydroxylation sites is 1. The van der Waals surface area contributed by atoms with E-state index in [4.69, 9.17) is 4.74 Å². The van der Waals surface area contributed by atoms with E-state index in [1.54, 1.807) is 10.9 Å². The molecule has 1 fully saturated rings. The molecule has 4 nitrogen and oxygen atoms in total. The van der Waals surface area contributed by atoms with Crippen molar-refractivity contribution in [2.45, 2.75) is 31.9 Å². The number of benzene rings is 1. The Morgan fingerprint density at radius 1 is 1.39 bits per heavy atom. The molecule has 2 aromatic rings. The summed E-state index contributed by atoms with van der Waals surface area (Å²) in [6.07, 6.45) is 5.08. The van der Waals surface area contributed by atoms with E-state index in [1.807, 2.05) is 24.3 Å². The van der Waals surface area contributed by atoms with Crippen molar-refractivity contribution < 1.29 is 4.74 Å². The molecule has 1 aromatic heterocycles. The fraction of sp³-hybridized carbons (Fsp3) is 0.429. The van der Waals surface area contributed by atoms with Gasteiger partial charge in [-0.2, -0.15) is 0 Å². The lowest BCUT2D eigenvalue weighted by atomic mass is 10.2. The van der Waals surface area contributed by atoms with E-state index in [2.05, 4.69) is 4.98 Å². The SMILES string of the molecule is O=c1c2ccccc2ncn1CCC1CCCO1. The van der Waals surface area contributed by atoms with Gasteiger partial charge in [0.25, 0.3) is 5.56 Å². The largest absolute Gasteiger partial charge is 0.378 e. The third-order valence-corrected chi connectivity index (χ3v) is 3.45. The Morgan fingerprint density at radius 2 is 2.28 bits per heavy atom. The average molecular weight is 244 g/mol. The Morgan fingerprint density at radius 3 is 3.11 bits per heavy atom. The molecule has 18 heavy (non-hydrogen) atoms. The first-order chi connectivity index (χ1) is 8.84. The van der Waals surface area contributed by atoms with E-state index >= 15 is 0 Å². The van der Waals surface area contributed by atoms with Crippen LogP contribution >= 0.6 is 0 Å². The maximum absolute atomic E-state index is 12.2. The third kappa shape index (κ3) is 2.16. The van der Waals surface area contributed by atoms with Crippen molar-refractivity contribution in [3.05, 3.63) is 40.9 Å². The summed E-state index contributed by atoms with van der Waals surface area (Å²) in [6.45, 7) is 1.54. The number of rotatable bonds is 3. The maximum atomic E-state index is 12.2. The second kappa shape index (κ2) is 4.90. The third-order valence-electron chi connectivity index (χ3n) is 3.45. The van der Waals surface area contributed by atoms with E-state index in [1.165, 1.54) is 0 Å². The second-order valence-corrected chi connectivity index (χ2v) is 4.68. The molecule has 2 heterocycles. The number of ether oxygens (including phenoxy) is 1. The molecule has 0 saturated carbocycles. The van der Waals surface area contributed by atoms with Gasteiger partial charge in [-0.15, -0.1) is 0 Å². The topological polar surface area (TPSA) is 44.1 Å². The standard InChI is InChI=1S/C14H16N2O2/c17-14-12-5-1-2-6-13(12)15-10-16(14)8-7-11-4-3-9-18-11/h1-2,5-6,10-11H,3-4,7-9H2. The van der Waals surface area contributed by atoms with Crippen LogP contribution in [0.5, 0.6) is 0 Å². The van der Waals surface area contributed by atoms with Gasteiger partial charge in [0.2, 0.25) is 0 Å². The van der Waals surface area contributed by atoms with E-state index in [9.17, 15) is 4.79 Å². The first kappa shape index (κ1) is 11.4. The van der Waals surface area contributed by atoms with Gasteiger partial charge in [-0.3, -0.25) is 9.36 Å². The summed E-state index contributed by atoms with van der Waals surface area (Å²) in [7, 11) is 0. The number of aromatic nitrogens is 2. The van der Waals surface area contributed by atoms with Crippen molar-refractivity contribution in [2.24, 2.45) is 0 Å². The summed E-state index contributed by atoms with van der Waals surface area (Å²) in [5.41, 5.74) is 0.800. The minimum Gasteiger partial charge on any atom is -0.378 e. The van der Waals surface area contributed by atoms with Crippen LogP contribution in [0.15, 0.2) is 35.4 Å². The molecule has 1 saturated heterocycles. The Hall–Kier alpha value is -1.68. The van der Waals surface area contributed by atoms with Crippen molar-refractivity contribution in [1.29, 1.82) is 0 Å². The Balaban J connectivity index is 1.83. The Kier molecular flexibility index (Phi) is 3.11. The monoisotopic (exact) mass is 244 g/mol. The maximum Gasteiger partial charge on any atom is 0.261 e. The number of nitrogens with zero attached hydrogens (tertiary/aromatic N) is 2. The number of fused-ring (bicyclic) bond motifs is 1. The van der Waals surface area contributed by atoms with E-state index in [-0.39, 0.29) is 5.56 Å². The van der Waals surface area contributed by atoms with Gasteiger partial charge in [-0.05, 0) is 31.4 Å². The lowest BCUT2D eigenvalue weighted by Crippen LogP contribution is -2.22. The van der Waals surface area contributed by atoms with E-state index in [0.717, 1.165) is 31.4 Å². The minimum absolute atomic E-state index is 0.0404. The highest BCUT2D eigenvalue weighted by Crippen LogP contribution is 2.15. The van der Waals surface area contributed by atoms with Gasteiger partial charge < -0.3 is 4.74 Å². The highest BCUT2D eigenvalue weighted by atomic mass is 16.5. The van der Waals surface area contributed by atoms with Gasteiger partial charge in [-0.1, -0.05) is 12.1 Å². The molecule has 0 spiro atoms. The van der Waals surface area contributed by atoms with Gasteiger partial charge in [0, 0.05) is 13.2 Å². The van der Waals surface area contributed by atoms with E-state index < -0.39 is 0 Å². The second-order valence-electron chi connectivity index (χ2n) is 4.68. The fourth-order valence-electron chi connectivity index (χ4n) is 2.42. The van der Waals surface area contributed by atoms with Crippen LogP contribution < -0.4 is 5.56 Å². The van der Waals surface area contributed by atoms with Gasteiger partial charge in [0.05, 0.1) is 23.3 Å². The molecule has 94 valence electrons. The lowest BCUT2D eigenvalue weighted by molar-refractivity contribution is 0.100. The van der Waals surface area contributed by atoms with Crippen LogP contribution in [0.4, 0.5) is 0 Å². The Bertz CT molecular complexity index is 600. The first-order valence-electron chi connectivity index (χ1n) is 6.40. The molecular weight excluding hydrogens is 228 g/mol. The average Bonchev–Trinajstić information content (AvgIpc) is 2.91. The first-order valence-corrected chi connectivity index (χ1v) is 6.40. The van der Waals surface area contributed by atoms with Crippen molar-refractivity contribution in [3.8, 4) is 0 Å². The molecule has 0 aliphatic carbocycles. The molecule has 1 atom stereocenters. The van der Waals surface area contributed by atoms with Gasteiger partial charge >= 0.3 is 0 Å².